The molecule has 0 unspecified atom stereocenters. The molecule has 1 atom stereocenters. The molecule has 4 rings (SSSR count). The summed E-state index contributed by atoms with van der Waals surface area (Å²) in [6, 6.07) is 7.29. The van der Waals surface area contributed by atoms with Gasteiger partial charge in [0, 0.05) is 55.4 Å². The molecule has 1 aromatic carbocycles. The van der Waals surface area contributed by atoms with Crippen molar-refractivity contribution in [3.05, 3.63) is 35.0 Å². The van der Waals surface area contributed by atoms with Crippen molar-refractivity contribution in [3.63, 3.8) is 0 Å². The van der Waals surface area contributed by atoms with Crippen molar-refractivity contribution >= 4 is 10.9 Å². The van der Waals surface area contributed by atoms with Gasteiger partial charge in [0.25, 0.3) is 0 Å². The molecule has 2 N–H and O–H groups in total. The summed E-state index contributed by atoms with van der Waals surface area (Å²) < 4.78 is 0. The largest absolute Gasteiger partial charge is 0.357 e. The van der Waals surface area contributed by atoms with Gasteiger partial charge in [-0.05, 0) is 50.6 Å². The molecule has 2 aliphatic heterocycles. The summed E-state index contributed by atoms with van der Waals surface area (Å²) >= 11 is 0. The average Bonchev–Trinajstić information content (AvgIpc) is 2.92. The predicted octanol–water partition coefficient (Wildman–Crippen LogP) is 2.30. The number of piperazine rings is 1. The summed E-state index contributed by atoms with van der Waals surface area (Å²) in [4.78, 5) is 8.75. The number of nitrogens with zero attached hydrogens (tertiary/aromatic N) is 2. The average molecular weight is 312 g/mol. The van der Waals surface area contributed by atoms with Gasteiger partial charge in [0.2, 0.25) is 0 Å². The SMILES string of the molecule is Cc1ccc2c3c([nH]c2c1)[C@@H](CCN1CCN(C)CC1)NCC3. The zero-order valence-corrected chi connectivity index (χ0v) is 14.4. The highest BCUT2D eigenvalue weighted by Gasteiger charge is 2.24. The summed E-state index contributed by atoms with van der Waals surface area (Å²) in [6.07, 6.45) is 2.34. The normalized spacial score (nSPS) is 23.3. The lowest BCUT2D eigenvalue weighted by Gasteiger charge is -2.34. The third-order valence-electron chi connectivity index (χ3n) is 5.54. The number of likely N-dealkylation sites (N-methyl/N-ethyl adjacent to an activating group) is 1. The Morgan fingerprint density at radius 3 is 2.83 bits per heavy atom. The fraction of sp³-hybridized carbons (Fsp3) is 0.579. The Labute approximate surface area is 138 Å². The van der Waals surface area contributed by atoms with Crippen LogP contribution in [0.1, 0.15) is 29.3 Å². The summed E-state index contributed by atoms with van der Waals surface area (Å²) in [5.74, 6) is 0. The quantitative estimate of drug-likeness (QED) is 0.913. The molecule has 1 aromatic heterocycles. The lowest BCUT2D eigenvalue weighted by molar-refractivity contribution is 0.148. The van der Waals surface area contributed by atoms with Crippen molar-refractivity contribution in [2.45, 2.75) is 25.8 Å². The predicted molar refractivity (Wildman–Crippen MR) is 96.0 cm³/mol. The van der Waals surface area contributed by atoms with Crippen molar-refractivity contribution in [1.29, 1.82) is 0 Å². The Morgan fingerprint density at radius 1 is 1.17 bits per heavy atom. The fourth-order valence-corrected chi connectivity index (χ4v) is 4.06. The number of fused-ring (bicyclic) bond motifs is 3. The van der Waals surface area contributed by atoms with Crippen molar-refractivity contribution in [2.24, 2.45) is 0 Å². The minimum absolute atomic E-state index is 0.478. The van der Waals surface area contributed by atoms with Gasteiger partial charge in [0.1, 0.15) is 0 Å². The van der Waals surface area contributed by atoms with Crippen LogP contribution in [0.25, 0.3) is 10.9 Å². The third kappa shape index (κ3) is 3.03. The molecule has 0 aliphatic carbocycles. The van der Waals surface area contributed by atoms with Crippen LogP contribution in [0.2, 0.25) is 0 Å². The fourth-order valence-electron chi connectivity index (χ4n) is 4.06. The van der Waals surface area contributed by atoms with Crippen molar-refractivity contribution in [2.75, 3.05) is 46.3 Å². The maximum Gasteiger partial charge on any atom is 0.0488 e. The van der Waals surface area contributed by atoms with Crippen LogP contribution in [-0.4, -0.2) is 61.1 Å². The van der Waals surface area contributed by atoms with E-state index >= 15 is 0 Å². The van der Waals surface area contributed by atoms with Gasteiger partial charge in [-0.15, -0.1) is 0 Å². The summed E-state index contributed by atoms with van der Waals surface area (Å²) in [6.45, 7) is 9.29. The number of aromatic nitrogens is 1. The first kappa shape index (κ1) is 15.2. The van der Waals surface area contributed by atoms with Gasteiger partial charge < -0.3 is 20.1 Å². The molecule has 0 saturated carbocycles. The molecule has 3 heterocycles. The second-order valence-electron chi connectivity index (χ2n) is 7.26. The molecule has 0 amide bonds. The standard InChI is InChI=1S/C19H28N4/c1-14-3-4-15-16-5-7-20-17(19(16)21-18(15)13-14)6-8-23-11-9-22(2)10-12-23/h3-4,13,17,20-21H,5-12H2,1-2H3/t17-/m1/s1. The van der Waals surface area contributed by atoms with Crippen LogP contribution >= 0.6 is 0 Å². The molecule has 0 spiro atoms. The van der Waals surface area contributed by atoms with Crippen LogP contribution in [0.5, 0.6) is 0 Å². The highest BCUT2D eigenvalue weighted by molar-refractivity contribution is 5.85. The minimum Gasteiger partial charge on any atom is -0.357 e. The lowest BCUT2D eigenvalue weighted by atomic mass is 9.97. The van der Waals surface area contributed by atoms with E-state index in [0.717, 1.165) is 13.0 Å². The highest BCUT2D eigenvalue weighted by atomic mass is 15.2. The van der Waals surface area contributed by atoms with Crippen LogP contribution in [0.3, 0.4) is 0 Å². The first-order chi connectivity index (χ1) is 11.2. The van der Waals surface area contributed by atoms with Crippen LogP contribution in [0, 0.1) is 6.92 Å². The number of aromatic amines is 1. The van der Waals surface area contributed by atoms with Gasteiger partial charge in [0.15, 0.2) is 0 Å². The van der Waals surface area contributed by atoms with Crippen molar-refractivity contribution in [3.8, 4) is 0 Å². The summed E-state index contributed by atoms with van der Waals surface area (Å²) in [5, 5.41) is 5.16. The molecule has 1 saturated heterocycles. The van der Waals surface area contributed by atoms with E-state index in [0.29, 0.717) is 6.04 Å². The molecule has 2 aromatic rings. The van der Waals surface area contributed by atoms with Crippen LogP contribution < -0.4 is 5.32 Å². The molecule has 1 fully saturated rings. The second-order valence-corrected chi connectivity index (χ2v) is 7.26. The number of nitrogens with one attached hydrogen (secondary N) is 2. The van der Waals surface area contributed by atoms with Gasteiger partial charge >= 0.3 is 0 Å². The molecule has 4 nitrogen and oxygen atoms in total. The van der Waals surface area contributed by atoms with Gasteiger partial charge in [0.05, 0.1) is 0 Å². The molecular weight excluding hydrogens is 284 g/mol. The number of H-pyrrole nitrogens is 1. The minimum atomic E-state index is 0.478. The molecule has 4 heteroatoms. The third-order valence-corrected chi connectivity index (χ3v) is 5.54. The Balaban J connectivity index is 1.50. The molecule has 0 bridgehead atoms. The second kappa shape index (κ2) is 6.27. The summed E-state index contributed by atoms with van der Waals surface area (Å²) in [5.41, 5.74) is 5.62. The molecule has 23 heavy (non-hydrogen) atoms. The highest BCUT2D eigenvalue weighted by Crippen LogP contribution is 2.32. The zero-order chi connectivity index (χ0) is 15.8. The van der Waals surface area contributed by atoms with E-state index in [1.807, 2.05) is 0 Å². The summed E-state index contributed by atoms with van der Waals surface area (Å²) in [7, 11) is 2.22. The van der Waals surface area contributed by atoms with Crippen molar-refractivity contribution in [1.82, 2.24) is 20.1 Å². The topological polar surface area (TPSA) is 34.3 Å². The first-order valence-electron chi connectivity index (χ1n) is 8.96. The van der Waals surface area contributed by atoms with E-state index in [4.69, 9.17) is 0 Å². The van der Waals surface area contributed by atoms with E-state index in [1.54, 1.807) is 5.56 Å². The maximum atomic E-state index is 3.73. The van der Waals surface area contributed by atoms with Gasteiger partial charge in [-0.1, -0.05) is 12.1 Å². The smallest absolute Gasteiger partial charge is 0.0488 e. The van der Waals surface area contributed by atoms with Gasteiger partial charge in [-0.2, -0.15) is 0 Å². The van der Waals surface area contributed by atoms with E-state index in [2.05, 4.69) is 52.3 Å². The number of rotatable bonds is 3. The Hall–Kier alpha value is -1.36. The maximum absolute atomic E-state index is 3.73. The van der Waals surface area contributed by atoms with Crippen LogP contribution in [0.15, 0.2) is 18.2 Å². The van der Waals surface area contributed by atoms with Crippen LogP contribution in [-0.2, 0) is 6.42 Å². The molecule has 2 aliphatic rings. The lowest BCUT2D eigenvalue weighted by Crippen LogP contribution is -2.45. The monoisotopic (exact) mass is 312 g/mol. The van der Waals surface area contributed by atoms with E-state index in [9.17, 15) is 0 Å². The van der Waals surface area contributed by atoms with Gasteiger partial charge in [-0.25, -0.2) is 0 Å². The van der Waals surface area contributed by atoms with Crippen LogP contribution in [0.4, 0.5) is 0 Å². The van der Waals surface area contributed by atoms with Crippen molar-refractivity contribution < 1.29 is 0 Å². The molecular formula is C19H28N4. The Bertz CT molecular complexity index is 682. The number of benzene rings is 1. The van der Waals surface area contributed by atoms with E-state index in [1.165, 1.54) is 61.3 Å². The van der Waals surface area contributed by atoms with E-state index < -0.39 is 0 Å². The molecule has 124 valence electrons. The number of aryl methyl sites for hydroxylation is 1. The number of hydrogen-bond donors (Lipinski definition) is 2. The zero-order valence-electron chi connectivity index (χ0n) is 14.4. The Morgan fingerprint density at radius 2 is 2.00 bits per heavy atom. The Kier molecular flexibility index (Phi) is 4.14. The molecule has 0 radical (unpaired) electrons. The van der Waals surface area contributed by atoms with E-state index in [-0.39, 0.29) is 0 Å². The first-order valence-corrected chi connectivity index (χ1v) is 8.96. The van der Waals surface area contributed by atoms with Gasteiger partial charge in [-0.3, -0.25) is 0 Å². The number of hydrogen-bond acceptors (Lipinski definition) is 3.